The lowest BCUT2D eigenvalue weighted by Crippen LogP contribution is -2.21. The first-order valence-electron chi connectivity index (χ1n) is 6.27. The lowest BCUT2D eigenvalue weighted by atomic mass is 9.94. The number of rotatable bonds is 4. The molecular formula is C14H22BrNO2S. The van der Waals surface area contributed by atoms with Gasteiger partial charge < -0.3 is 0 Å². The molecular weight excluding hydrogens is 326 g/mol. The molecule has 1 aromatic carbocycles. The SMILES string of the molecule is Cc1cc(C)c(NS(=O)(=O)CCC(C)(C)C)c(Br)c1. The van der Waals surface area contributed by atoms with Gasteiger partial charge in [-0.25, -0.2) is 8.42 Å². The molecule has 19 heavy (non-hydrogen) atoms. The van der Waals surface area contributed by atoms with E-state index in [1.54, 1.807) is 0 Å². The lowest BCUT2D eigenvalue weighted by molar-refractivity contribution is 0.397. The molecule has 3 nitrogen and oxygen atoms in total. The van der Waals surface area contributed by atoms with Crippen molar-refractivity contribution in [2.45, 2.75) is 41.0 Å². The summed E-state index contributed by atoms with van der Waals surface area (Å²) in [5.41, 5.74) is 2.67. The Balaban J connectivity index is 2.90. The van der Waals surface area contributed by atoms with Crippen LogP contribution in [-0.4, -0.2) is 14.2 Å². The fourth-order valence-electron chi connectivity index (χ4n) is 1.69. The third-order valence-corrected chi connectivity index (χ3v) is 4.69. The molecule has 0 aliphatic carbocycles. The number of hydrogen-bond acceptors (Lipinski definition) is 2. The maximum absolute atomic E-state index is 12.1. The second kappa shape index (κ2) is 5.83. The van der Waals surface area contributed by atoms with Crippen molar-refractivity contribution < 1.29 is 8.42 Å². The average molecular weight is 348 g/mol. The lowest BCUT2D eigenvalue weighted by Gasteiger charge is -2.19. The monoisotopic (exact) mass is 347 g/mol. The molecule has 0 bridgehead atoms. The third kappa shape index (κ3) is 5.53. The summed E-state index contributed by atoms with van der Waals surface area (Å²) in [6.07, 6.45) is 0.630. The molecule has 0 saturated heterocycles. The molecule has 1 rings (SSSR count). The number of aryl methyl sites for hydroxylation is 2. The fraction of sp³-hybridized carbons (Fsp3) is 0.571. The summed E-state index contributed by atoms with van der Waals surface area (Å²) in [4.78, 5) is 0. The predicted octanol–water partition coefficient (Wildman–Crippen LogP) is 4.24. The molecule has 0 radical (unpaired) electrons. The summed E-state index contributed by atoms with van der Waals surface area (Å²) in [7, 11) is -3.31. The van der Waals surface area contributed by atoms with Crippen molar-refractivity contribution in [3.8, 4) is 0 Å². The molecule has 0 unspecified atom stereocenters. The van der Waals surface area contributed by atoms with Gasteiger partial charge in [0.05, 0.1) is 11.4 Å². The molecule has 0 aromatic heterocycles. The van der Waals surface area contributed by atoms with Crippen molar-refractivity contribution in [3.05, 3.63) is 27.7 Å². The van der Waals surface area contributed by atoms with Crippen LogP contribution in [0, 0.1) is 19.3 Å². The topological polar surface area (TPSA) is 46.2 Å². The number of hydrogen-bond donors (Lipinski definition) is 1. The summed E-state index contributed by atoms with van der Waals surface area (Å²) in [5, 5.41) is 0. The molecule has 0 aliphatic rings. The van der Waals surface area contributed by atoms with Crippen LogP contribution in [0.25, 0.3) is 0 Å². The number of benzene rings is 1. The average Bonchev–Trinajstić information content (AvgIpc) is 2.20. The summed E-state index contributed by atoms with van der Waals surface area (Å²) < 4.78 is 27.7. The highest BCUT2D eigenvalue weighted by molar-refractivity contribution is 9.10. The Labute approximate surface area is 125 Å². The normalized spacial score (nSPS) is 12.5. The van der Waals surface area contributed by atoms with Gasteiger partial charge in [0.1, 0.15) is 0 Å². The predicted molar refractivity (Wildman–Crippen MR) is 85.1 cm³/mol. The Morgan fingerprint density at radius 2 is 1.79 bits per heavy atom. The second-order valence-corrected chi connectivity index (χ2v) is 8.87. The van der Waals surface area contributed by atoms with Gasteiger partial charge in [-0.05, 0) is 58.8 Å². The van der Waals surface area contributed by atoms with Gasteiger partial charge in [0.25, 0.3) is 0 Å². The van der Waals surface area contributed by atoms with Crippen LogP contribution in [0.1, 0.15) is 38.3 Å². The first kappa shape index (κ1) is 16.5. The minimum absolute atomic E-state index is 0.00824. The Hall–Kier alpha value is -0.550. The largest absolute Gasteiger partial charge is 0.282 e. The van der Waals surface area contributed by atoms with Gasteiger partial charge in [-0.3, -0.25) is 4.72 Å². The van der Waals surface area contributed by atoms with E-state index < -0.39 is 10.0 Å². The minimum atomic E-state index is -3.31. The number of nitrogens with one attached hydrogen (secondary N) is 1. The first-order chi connectivity index (χ1) is 8.50. The van der Waals surface area contributed by atoms with Crippen LogP contribution in [0.5, 0.6) is 0 Å². The van der Waals surface area contributed by atoms with Crippen LogP contribution >= 0.6 is 15.9 Å². The summed E-state index contributed by atoms with van der Waals surface area (Å²) in [6.45, 7) is 10.00. The Bertz CT molecular complexity index is 536. The maximum atomic E-state index is 12.1. The first-order valence-corrected chi connectivity index (χ1v) is 8.72. The maximum Gasteiger partial charge on any atom is 0.232 e. The van der Waals surface area contributed by atoms with E-state index in [0.29, 0.717) is 12.1 Å². The Morgan fingerprint density at radius 1 is 1.21 bits per heavy atom. The van der Waals surface area contributed by atoms with E-state index in [-0.39, 0.29) is 11.2 Å². The van der Waals surface area contributed by atoms with E-state index in [2.05, 4.69) is 20.7 Å². The van der Waals surface area contributed by atoms with Crippen LogP contribution in [0.3, 0.4) is 0 Å². The van der Waals surface area contributed by atoms with Gasteiger partial charge in [-0.1, -0.05) is 26.8 Å². The molecule has 5 heteroatoms. The molecule has 0 spiro atoms. The van der Waals surface area contributed by atoms with Crippen molar-refractivity contribution in [2.24, 2.45) is 5.41 Å². The van der Waals surface area contributed by atoms with Crippen LogP contribution in [0.2, 0.25) is 0 Å². The summed E-state index contributed by atoms with van der Waals surface area (Å²) >= 11 is 3.41. The fourth-order valence-corrected chi connectivity index (χ4v) is 4.16. The molecule has 0 aliphatic heterocycles. The molecule has 0 atom stereocenters. The van der Waals surface area contributed by atoms with Crippen LogP contribution in [0.4, 0.5) is 5.69 Å². The van der Waals surface area contributed by atoms with Gasteiger partial charge in [0.15, 0.2) is 0 Å². The van der Waals surface area contributed by atoms with Gasteiger partial charge in [0, 0.05) is 4.47 Å². The van der Waals surface area contributed by atoms with Crippen LogP contribution in [-0.2, 0) is 10.0 Å². The zero-order chi connectivity index (χ0) is 14.8. The Morgan fingerprint density at radius 3 is 2.26 bits per heavy atom. The van der Waals surface area contributed by atoms with Gasteiger partial charge in [-0.2, -0.15) is 0 Å². The molecule has 108 valence electrons. The van der Waals surface area contributed by atoms with Gasteiger partial charge in [-0.15, -0.1) is 0 Å². The highest BCUT2D eigenvalue weighted by atomic mass is 79.9. The van der Waals surface area contributed by atoms with E-state index in [0.717, 1.165) is 15.6 Å². The van der Waals surface area contributed by atoms with Gasteiger partial charge >= 0.3 is 0 Å². The van der Waals surface area contributed by atoms with Crippen molar-refractivity contribution in [1.29, 1.82) is 0 Å². The Kier molecular flexibility index (Phi) is 5.07. The number of halogens is 1. The minimum Gasteiger partial charge on any atom is -0.282 e. The van der Waals surface area contributed by atoms with Crippen LogP contribution < -0.4 is 4.72 Å². The van der Waals surface area contributed by atoms with Crippen LogP contribution in [0.15, 0.2) is 16.6 Å². The molecule has 1 N–H and O–H groups in total. The molecule has 0 heterocycles. The van der Waals surface area contributed by atoms with E-state index >= 15 is 0 Å². The number of anilines is 1. The van der Waals surface area contributed by atoms with E-state index in [1.165, 1.54) is 0 Å². The standard InChI is InChI=1S/C14H22BrNO2S/c1-10-8-11(2)13(12(15)9-10)16-19(17,18)7-6-14(3,4)5/h8-9,16H,6-7H2,1-5H3. The third-order valence-electron chi connectivity index (χ3n) is 2.81. The van der Waals surface area contributed by atoms with Crippen molar-refractivity contribution in [1.82, 2.24) is 0 Å². The van der Waals surface area contributed by atoms with E-state index in [1.807, 2.05) is 46.8 Å². The summed E-state index contributed by atoms with van der Waals surface area (Å²) in [5.74, 6) is 0.135. The van der Waals surface area contributed by atoms with Crippen molar-refractivity contribution >= 4 is 31.6 Å². The molecule has 0 fully saturated rings. The molecule has 1 aromatic rings. The van der Waals surface area contributed by atoms with Gasteiger partial charge in [0.2, 0.25) is 10.0 Å². The molecule has 0 saturated carbocycles. The highest BCUT2D eigenvalue weighted by Gasteiger charge is 2.19. The number of sulfonamides is 1. The second-order valence-electron chi connectivity index (χ2n) is 6.17. The smallest absolute Gasteiger partial charge is 0.232 e. The van der Waals surface area contributed by atoms with Crippen molar-refractivity contribution in [3.63, 3.8) is 0 Å². The van der Waals surface area contributed by atoms with E-state index in [9.17, 15) is 8.42 Å². The quantitative estimate of drug-likeness (QED) is 0.884. The highest BCUT2D eigenvalue weighted by Crippen LogP contribution is 2.29. The van der Waals surface area contributed by atoms with Crippen molar-refractivity contribution in [2.75, 3.05) is 10.5 Å². The summed E-state index contributed by atoms with van der Waals surface area (Å²) in [6, 6.07) is 3.88. The zero-order valence-corrected chi connectivity index (χ0v) is 14.6. The van der Waals surface area contributed by atoms with E-state index in [4.69, 9.17) is 0 Å². The molecule has 0 amide bonds. The zero-order valence-electron chi connectivity index (χ0n) is 12.2.